The van der Waals surface area contributed by atoms with Gasteiger partial charge in [0.05, 0.1) is 42.9 Å². The van der Waals surface area contributed by atoms with Gasteiger partial charge in [-0.05, 0) is 89.5 Å². The molecule has 2 N–H and O–H groups in total. The van der Waals surface area contributed by atoms with Gasteiger partial charge in [-0.25, -0.2) is 14.0 Å². The highest BCUT2D eigenvalue weighted by molar-refractivity contribution is 6.73. The molecule has 0 aliphatic heterocycles. The number of carbonyl (C=O) groups excluding carboxylic acids is 2. The van der Waals surface area contributed by atoms with Crippen molar-refractivity contribution in [3.8, 4) is 11.6 Å². The number of anilines is 1. The van der Waals surface area contributed by atoms with E-state index in [-0.39, 0.29) is 31.3 Å². The van der Waals surface area contributed by atoms with Gasteiger partial charge in [-0.2, -0.15) is 4.68 Å². The number of hydrogen-bond donors (Lipinski definition) is 1. The Balaban J connectivity index is 1.91. The Kier molecular flexibility index (Phi) is 12.3. The van der Waals surface area contributed by atoms with Gasteiger partial charge >= 0.3 is 12.2 Å². The lowest BCUT2D eigenvalue weighted by molar-refractivity contribution is 0.0131. The Morgan fingerprint density at radius 3 is 2.17 bits per heavy atom. The van der Waals surface area contributed by atoms with Gasteiger partial charge in [0.1, 0.15) is 29.4 Å². The Bertz CT molecular complexity index is 1520. The molecule has 0 radical (unpaired) electrons. The number of ether oxygens (including phenoxy) is 4. The maximum absolute atomic E-state index is 14.2. The first-order chi connectivity index (χ1) is 21.9. The largest absolute Gasteiger partial charge is 0.492 e. The molecule has 1 amide bonds. The number of halogens is 1. The highest BCUT2D eigenvalue weighted by atomic mass is 28.4. The van der Waals surface area contributed by atoms with Gasteiger partial charge in [0.2, 0.25) is 5.88 Å². The number of rotatable bonds is 13. The van der Waals surface area contributed by atoms with E-state index in [1.54, 1.807) is 76.8 Å². The second kappa shape index (κ2) is 15.4. The first-order valence-electron chi connectivity index (χ1n) is 16.1. The zero-order valence-corrected chi connectivity index (χ0v) is 30.4. The molecule has 0 aliphatic rings. The average molecular weight is 675 g/mol. The third-order valence-electron chi connectivity index (χ3n) is 7.76. The number of methoxy groups -OCH3 is 1. The van der Waals surface area contributed by atoms with Crippen molar-refractivity contribution in [1.82, 2.24) is 14.7 Å². The molecule has 0 fully saturated rings. The van der Waals surface area contributed by atoms with E-state index in [1.807, 2.05) is 0 Å². The summed E-state index contributed by atoms with van der Waals surface area (Å²) in [7, 11) is -0.710. The molecule has 47 heavy (non-hydrogen) atoms. The fourth-order valence-electron chi connectivity index (χ4n) is 5.08. The fraction of sp³-hybridized carbons (Fsp3) is 0.559. The van der Waals surface area contributed by atoms with Crippen molar-refractivity contribution in [3.63, 3.8) is 0 Å². The molecule has 13 heteroatoms. The van der Waals surface area contributed by atoms with Crippen molar-refractivity contribution < 1.29 is 37.4 Å². The van der Waals surface area contributed by atoms with E-state index in [4.69, 9.17) is 29.1 Å². The molecule has 11 nitrogen and oxygen atoms in total. The minimum Gasteiger partial charge on any atom is -0.492 e. The molecular weight excluding hydrogens is 623 g/mol. The van der Waals surface area contributed by atoms with E-state index >= 15 is 0 Å². The fourth-order valence-corrected chi connectivity index (χ4v) is 7.90. The van der Waals surface area contributed by atoms with E-state index < -0.39 is 43.6 Å². The van der Waals surface area contributed by atoms with Crippen LogP contribution in [0.25, 0.3) is 10.9 Å². The van der Waals surface area contributed by atoms with Crippen molar-refractivity contribution in [1.29, 1.82) is 0 Å². The van der Waals surface area contributed by atoms with Crippen LogP contribution in [-0.2, 0) is 13.9 Å². The second-order valence-corrected chi connectivity index (χ2v) is 18.2. The number of aromatic nitrogens is 2. The van der Waals surface area contributed by atoms with Gasteiger partial charge in [0.25, 0.3) is 0 Å². The molecule has 0 saturated heterocycles. The van der Waals surface area contributed by atoms with Crippen LogP contribution in [0.4, 0.5) is 19.7 Å². The van der Waals surface area contributed by atoms with Crippen LogP contribution in [0.15, 0.2) is 36.4 Å². The Morgan fingerprint density at radius 2 is 1.62 bits per heavy atom. The molecule has 0 bridgehead atoms. The Morgan fingerprint density at radius 1 is 0.979 bits per heavy atom. The van der Waals surface area contributed by atoms with Crippen LogP contribution >= 0.6 is 0 Å². The molecule has 2 aromatic carbocycles. The zero-order valence-electron chi connectivity index (χ0n) is 29.4. The molecule has 3 aromatic rings. The van der Waals surface area contributed by atoms with Crippen LogP contribution < -0.4 is 15.2 Å². The van der Waals surface area contributed by atoms with Crippen LogP contribution in [0.2, 0.25) is 18.1 Å². The molecule has 1 unspecified atom stereocenters. The summed E-state index contributed by atoms with van der Waals surface area (Å²) in [6.45, 7) is 17.5. The van der Waals surface area contributed by atoms with Gasteiger partial charge in [-0.1, -0.05) is 26.8 Å². The van der Waals surface area contributed by atoms with Crippen LogP contribution in [0.3, 0.4) is 0 Å². The normalized spacial score (nSPS) is 12.9. The summed E-state index contributed by atoms with van der Waals surface area (Å²) in [6.07, 6.45) is -1.76. The number of benzene rings is 2. The number of nitrogens with zero attached hydrogens (tertiary/aromatic N) is 3. The summed E-state index contributed by atoms with van der Waals surface area (Å²) in [6, 6.07) is 12.4. The molecule has 0 spiro atoms. The Labute approximate surface area is 278 Å². The van der Waals surface area contributed by atoms with Crippen LogP contribution in [0, 0.1) is 5.82 Å². The first kappa shape index (κ1) is 37.6. The number of fused-ring (bicyclic) bond motifs is 1. The smallest absolute Gasteiger partial charge is 0.435 e. The summed E-state index contributed by atoms with van der Waals surface area (Å²) >= 11 is 0. The molecule has 0 aliphatic carbocycles. The molecule has 260 valence electrons. The third kappa shape index (κ3) is 10.1. The predicted octanol–water partition coefficient (Wildman–Crippen LogP) is 7.93. The van der Waals surface area contributed by atoms with Gasteiger partial charge in [-0.15, -0.1) is 5.10 Å². The topological polar surface area (TPSA) is 127 Å². The maximum Gasteiger partial charge on any atom is 0.435 e. The van der Waals surface area contributed by atoms with E-state index in [0.29, 0.717) is 22.2 Å². The maximum atomic E-state index is 14.2. The van der Waals surface area contributed by atoms with Crippen molar-refractivity contribution in [2.24, 2.45) is 0 Å². The summed E-state index contributed by atoms with van der Waals surface area (Å²) < 4.78 is 45.0. The summed E-state index contributed by atoms with van der Waals surface area (Å²) in [5.74, 6) is 0.201. The monoisotopic (exact) mass is 674 g/mol. The highest BCUT2D eigenvalue weighted by Gasteiger charge is 2.35. The average Bonchev–Trinajstić information content (AvgIpc) is 3.36. The molecule has 1 aromatic heterocycles. The quantitative estimate of drug-likeness (QED) is 0.142. The number of hydrogen-bond acceptors (Lipinski definition) is 9. The molecular formula is C34H51FN4O7Si. The van der Waals surface area contributed by atoms with Gasteiger partial charge in [0, 0.05) is 6.07 Å². The molecule has 1 heterocycles. The summed E-state index contributed by atoms with van der Waals surface area (Å²) in [5.41, 5.74) is 5.63. The lowest BCUT2D eigenvalue weighted by Gasteiger charge is -2.36. The van der Waals surface area contributed by atoms with Crippen molar-refractivity contribution in [3.05, 3.63) is 47.8 Å². The van der Waals surface area contributed by atoms with Crippen molar-refractivity contribution >= 4 is 37.1 Å². The van der Waals surface area contributed by atoms with Gasteiger partial charge in [-0.3, -0.25) is 0 Å². The molecule has 0 saturated carbocycles. The Hall–Kier alpha value is -3.84. The third-order valence-corrected chi connectivity index (χ3v) is 12.4. The lowest BCUT2D eigenvalue weighted by Crippen LogP contribution is -2.45. The van der Waals surface area contributed by atoms with E-state index in [1.165, 1.54) is 13.2 Å². The lowest BCUT2D eigenvalue weighted by atomic mass is 10.1. The number of nitrogen functional groups attached to an aromatic ring is 1. The van der Waals surface area contributed by atoms with Crippen LogP contribution in [-0.4, -0.2) is 73.2 Å². The van der Waals surface area contributed by atoms with Gasteiger partial charge in [0.15, 0.2) is 8.32 Å². The van der Waals surface area contributed by atoms with E-state index in [9.17, 15) is 14.0 Å². The minimum atomic E-state index is -2.18. The summed E-state index contributed by atoms with van der Waals surface area (Å²) in [5, 5.41) is 4.88. The molecule has 3 rings (SSSR count). The van der Waals surface area contributed by atoms with Crippen LogP contribution in [0.5, 0.6) is 11.6 Å². The van der Waals surface area contributed by atoms with Crippen molar-refractivity contribution in [2.45, 2.75) is 97.8 Å². The summed E-state index contributed by atoms with van der Waals surface area (Å²) in [4.78, 5) is 28.0. The van der Waals surface area contributed by atoms with Crippen molar-refractivity contribution in [2.75, 3.05) is 32.5 Å². The SMILES string of the molecule is CC[Si](CC)(CC)OC(CN(CCOc1ccc2c(OC)nn(C(=O)OC(C)(C)C)c2c1)C(=O)OC(C)(C)C)c1ccc(F)c(N)c1. The zero-order chi connectivity index (χ0) is 35.2. The second-order valence-electron chi connectivity index (χ2n) is 13.5. The minimum absolute atomic E-state index is 0.0117. The first-order valence-corrected chi connectivity index (χ1v) is 18.6. The number of nitrogens with two attached hydrogens (primary N) is 1. The number of carbonyl (C=O) groups is 2. The number of amides is 1. The van der Waals surface area contributed by atoms with Crippen LogP contribution in [0.1, 0.15) is 74.0 Å². The standard InChI is InChI=1S/C34H51FN4O7Si/c1-11-47(12-2,13-3)46-29(23-14-17-26(35)27(36)20-23)22-38(31(40)44-33(4,5)6)18-19-43-24-15-16-25-28(21-24)39(37-30(25)42-10)32(41)45-34(7,8)9/h14-17,20-21,29H,11-13,18-19,22,36H2,1-10H3. The van der Waals surface area contributed by atoms with Gasteiger partial charge < -0.3 is 34.0 Å². The highest BCUT2D eigenvalue weighted by Crippen LogP contribution is 2.33. The predicted molar refractivity (Wildman–Crippen MR) is 183 cm³/mol. The molecule has 1 atom stereocenters. The van der Waals surface area contributed by atoms with E-state index in [2.05, 4.69) is 25.9 Å². The van der Waals surface area contributed by atoms with E-state index in [0.717, 1.165) is 22.8 Å².